The monoisotopic (exact) mass is 490 g/mol. The summed E-state index contributed by atoms with van der Waals surface area (Å²) < 4.78 is 14.9. The molecule has 2 unspecified atom stereocenters. The summed E-state index contributed by atoms with van der Waals surface area (Å²) in [5.74, 6) is 1.15. The Labute approximate surface area is 205 Å². The number of likely N-dealkylation sites (tertiary alicyclic amines) is 1. The SMILES string of the molecule is CCOC=O.COc1ccc(C2CCC(C)(C(=O)N(C)c3ccc(Cl)cc3)N2C=O)c(OC)c1. The zero-order chi connectivity index (χ0) is 25.3. The summed E-state index contributed by atoms with van der Waals surface area (Å²) in [6.45, 7) is 4.48. The van der Waals surface area contributed by atoms with Crippen LogP contribution in [0.5, 0.6) is 11.5 Å². The lowest BCUT2D eigenvalue weighted by Gasteiger charge is -2.37. The molecule has 1 saturated heterocycles. The summed E-state index contributed by atoms with van der Waals surface area (Å²) in [5.41, 5.74) is 0.606. The molecule has 1 fully saturated rings. The van der Waals surface area contributed by atoms with Crippen LogP contribution in [0.15, 0.2) is 42.5 Å². The molecule has 0 bridgehead atoms. The predicted octanol–water partition coefficient (Wildman–Crippen LogP) is 4.25. The van der Waals surface area contributed by atoms with Gasteiger partial charge in [-0.3, -0.25) is 14.4 Å². The molecule has 2 atom stereocenters. The van der Waals surface area contributed by atoms with Crippen molar-refractivity contribution in [1.82, 2.24) is 4.90 Å². The van der Waals surface area contributed by atoms with Crippen molar-refractivity contribution >= 4 is 36.1 Å². The Morgan fingerprint density at radius 2 is 1.85 bits per heavy atom. The van der Waals surface area contributed by atoms with E-state index >= 15 is 0 Å². The first-order valence-electron chi connectivity index (χ1n) is 10.8. The number of ether oxygens (including phenoxy) is 3. The fraction of sp³-hybridized carbons (Fsp3) is 0.400. The Balaban J connectivity index is 0.000000739. The topological polar surface area (TPSA) is 85.4 Å². The van der Waals surface area contributed by atoms with Crippen molar-refractivity contribution in [2.24, 2.45) is 0 Å². The van der Waals surface area contributed by atoms with Crippen molar-refractivity contribution in [2.45, 2.75) is 38.3 Å². The van der Waals surface area contributed by atoms with Crippen LogP contribution in [0, 0.1) is 0 Å². The van der Waals surface area contributed by atoms with E-state index in [1.54, 1.807) is 68.3 Å². The van der Waals surface area contributed by atoms with Crippen LogP contribution in [0.25, 0.3) is 0 Å². The first-order valence-corrected chi connectivity index (χ1v) is 11.2. The molecule has 1 aliphatic rings. The normalized spacial score (nSPS) is 18.9. The Bertz CT molecular complexity index is 984. The second kappa shape index (κ2) is 12.3. The number of halogens is 1. The Kier molecular flexibility index (Phi) is 9.74. The van der Waals surface area contributed by atoms with Crippen LogP contribution in [0.4, 0.5) is 5.69 Å². The Morgan fingerprint density at radius 3 is 2.35 bits per heavy atom. The van der Waals surface area contributed by atoms with Crippen LogP contribution < -0.4 is 14.4 Å². The summed E-state index contributed by atoms with van der Waals surface area (Å²) in [5, 5.41) is 0.600. The molecule has 34 heavy (non-hydrogen) atoms. The first kappa shape index (κ1) is 27.0. The minimum absolute atomic E-state index is 0.151. The van der Waals surface area contributed by atoms with Crippen molar-refractivity contribution in [2.75, 3.05) is 32.8 Å². The molecular weight excluding hydrogens is 460 g/mol. The number of amides is 2. The van der Waals surface area contributed by atoms with Gasteiger partial charge in [0.2, 0.25) is 6.41 Å². The van der Waals surface area contributed by atoms with Gasteiger partial charge in [-0.15, -0.1) is 0 Å². The number of carbonyl (C=O) groups is 3. The van der Waals surface area contributed by atoms with Crippen LogP contribution in [0.2, 0.25) is 5.02 Å². The number of methoxy groups -OCH3 is 2. The molecule has 9 heteroatoms. The van der Waals surface area contributed by atoms with Gasteiger partial charge < -0.3 is 24.0 Å². The van der Waals surface area contributed by atoms with Gasteiger partial charge in [0, 0.05) is 29.4 Å². The van der Waals surface area contributed by atoms with Gasteiger partial charge in [0.15, 0.2) is 0 Å². The molecule has 3 rings (SSSR count). The van der Waals surface area contributed by atoms with Gasteiger partial charge in [-0.2, -0.15) is 0 Å². The lowest BCUT2D eigenvalue weighted by molar-refractivity contribution is -0.136. The molecule has 1 aliphatic heterocycles. The van der Waals surface area contributed by atoms with Crippen molar-refractivity contribution in [3.63, 3.8) is 0 Å². The van der Waals surface area contributed by atoms with Crippen molar-refractivity contribution in [1.29, 1.82) is 0 Å². The second-order valence-corrected chi connectivity index (χ2v) is 8.28. The first-order chi connectivity index (χ1) is 16.3. The molecule has 2 aromatic carbocycles. The maximum atomic E-state index is 13.4. The fourth-order valence-corrected chi connectivity index (χ4v) is 4.17. The van der Waals surface area contributed by atoms with Gasteiger partial charge in [0.05, 0.1) is 26.9 Å². The van der Waals surface area contributed by atoms with Crippen molar-refractivity contribution in [3.8, 4) is 11.5 Å². The van der Waals surface area contributed by atoms with Gasteiger partial charge in [0.25, 0.3) is 12.4 Å². The van der Waals surface area contributed by atoms with Crippen LogP contribution in [-0.2, 0) is 19.1 Å². The average molecular weight is 491 g/mol. The van der Waals surface area contributed by atoms with Crippen LogP contribution >= 0.6 is 11.6 Å². The van der Waals surface area contributed by atoms with Gasteiger partial charge in [0.1, 0.15) is 17.0 Å². The van der Waals surface area contributed by atoms with Crippen LogP contribution in [-0.4, -0.2) is 57.1 Å². The molecule has 0 spiro atoms. The summed E-state index contributed by atoms with van der Waals surface area (Å²) >= 11 is 5.95. The van der Waals surface area contributed by atoms with E-state index in [1.165, 1.54) is 0 Å². The lowest BCUT2D eigenvalue weighted by atomic mass is 9.97. The highest BCUT2D eigenvalue weighted by atomic mass is 35.5. The van der Waals surface area contributed by atoms with E-state index < -0.39 is 5.54 Å². The second-order valence-electron chi connectivity index (χ2n) is 7.84. The van der Waals surface area contributed by atoms with Crippen molar-refractivity contribution < 1.29 is 28.6 Å². The lowest BCUT2D eigenvalue weighted by Crippen LogP contribution is -2.54. The summed E-state index contributed by atoms with van der Waals surface area (Å²) in [6, 6.07) is 12.3. The number of rotatable bonds is 8. The standard InChI is InChI=1S/C22H25ClN2O4.C3H6O2/c1-22(21(27)24(2)16-7-5-15(23)6-8-16)12-11-19(25(22)14-26)18-10-9-17(28-3)13-20(18)29-4;1-2-5-3-4/h5-10,13-14,19H,11-12H2,1-4H3;3H,2H2,1H3. The van der Waals surface area contributed by atoms with Gasteiger partial charge in [-0.25, -0.2) is 0 Å². The number of hydrogen-bond donors (Lipinski definition) is 0. The minimum atomic E-state index is -0.967. The van der Waals surface area contributed by atoms with Crippen LogP contribution in [0.1, 0.15) is 38.3 Å². The quantitative estimate of drug-likeness (QED) is 0.514. The number of carbonyl (C=O) groups excluding carboxylic acids is 3. The molecule has 1 heterocycles. The molecule has 0 N–H and O–H groups in total. The number of nitrogens with zero attached hydrogens (tertiary/aromatic N) is 2. The Morgan fingerprint density at radius 1 is 1.18 bits per heavy atom. The van der Waals surface area contributed by atoms with E-state index in [9.17, 15) is 14.4 Å². The zero-order valence-electron chi connectivity index (χ0n) is 20.1. The van der Waals surface area contributed by atoms with Crippen LogP contribution in [0.3, 0.4) is 0 Å². The van der Waals surface area contributed by atoms with Gasteiger partial charge in [-0.1, -0.05) is 11.6 Å². The molecular formula is C25H31ClN2O6. The van der Waals surface area contributed by atoms with E-state index in [4.69, 9.17) is 21.1 Å². The molecule has 0 radical (unpaired) electrons. The highest BCUT2D eigenvalue weighted by Crippen LogP contribution is 2.45. The maximum Gasteiger partial charge on any atom is 0.293 e. The highest BCUT2D eigenvalue weighted by molar-refractivity contribution is 6.30. The zero-order valence-corrected chi connectivity index (χ0v) is 20.9. The maximum absolute atomic E-state index is 13.4. The summed E-state index contributed by atoms with van der Waals surface area (Å²) in [7, 11) is 4.88. The van der Waals surface area contributed by atoms with E-state index in [2.05, 4.69) is 4.74 Å². The van der Waals surface area contributed by atoms with Crippen molar-refractivity contribution in [3.05, 3.63) is 53.1 Å². The number of likely N-dealkylation sites (N-methyl/N-ethyl adjacent to an activating group) is 1. The fourth-order valence-electron chi connectivity index (χ4n) is 4.05. The third-order valence-corrected chi connectivity index (χ3v) is 6.19. The third-order valence-electron chi connectivity index (χ3n) is 5.94. The van der Waals surface area contributed by atoms with E-state index in [-0.39, 0.29) is 11.9 Å². The number of hydrogen-bond acceptors (Lipinski definition) is 6. The Hall–Kier alpha value is -3.26. The van der Waals surface area contributed by atoms with Gasteiger partial charge >= 0.3 is 0 Å². The number of anilines is 1. The molecule has 184 valence electrons. The van der Waals surface area contributed by atoms with Gasteiger partial charge in [-0.05, 0) is 63.1 Å². The largest absolute Gasteiger partial charge is 0.497 e. The summed E-state index contributed by atoms with van der Waals surface area (Å²) in [6.07, 6.45) is 1.95. The third kappa shape index (κ3) is 5.80. The number of benzene rings is 2. The van der Waals surface area contributed by atoms with E-state index in [0.29, 0.717) is 42.4 Å². The molecule has 2 amide bonds. The molecule has 2 aromatic rings. The van der Waals surface area contributed by atoms with E-state index in [1.807, 2.05) is 19.1 Å². The molecule has 0 aromatic heterocycles. The van der Waals surface area contributed by atoms with E-state index in [0.717, 1.165) is 17.7 Å². The molecule has 0 aliphatic carbocycles. The predicted molar refractivity (Wildman–Crippen MR) is 130 cm³/mol. The smallest absolute Gasteiger partial charge is 0.293 e. The minimum Gasteiger partial charge on any atom is -0.497 e. The summed E-state index contributed by atoms with van der Waals surface area (Å²) in [4.78, 5) is 37.9. The molecule has 0 saturated carbocycles. The average Bonchev–Trinajstić information content (AvgIpc) is 3.21. The molecule has 8 nitrogen and oxygen atoms in total. The highest BCUT2D eigenvalue weighted by Gasteiger charge is 2.50.